The van der Waals surface area contributed by atoms with E-state index in [1.807, 2.05) is 37.3 Å². The Morgan fingerprint density at radius 3 is 2.60 bits per heavy atom. The molecule has 2 aromatic rings. The highest BCUT2D eigenvalue weighted by Crippen LogP contribution is 2.29. The fourth-order valence-corrected chi connectivity index (χ4v) is 3.37. The number of hydrogen-bond donors (Lipinski definition) is 1. The second-order valence-corrected chi connectivity index (χ2v) is 7.15. The Morgan fingerprint density at radius 2 is 1.93 bits per heavy atom. The largest absolute Gasteiger partial charge is 0.452 e. The second kappa shape index (κ2) is 9.23. The first-order valence-electron chi connectivity index (χ1n) is 9.82. The Hall–Kier alpha value is -3.66. The molecule has 7 heteroatoms. The number of nitrogens with zero attached hydrogens (tertiary/aromatic N) is 2. The van der Waals surface area contributed by atoms with Crippen molar-refractivity contribution in [2.24, 2.45) is 5.92 Å². The molecule has 0 bridgehead atoms. The van der Waals surface area contributed by atoms with Crippen molar-refractivity contribution >= 4 is 29.2 Å². The van der Waals surface area contributed by atoms with Crippen molar-refractivity contribution in [3.8, 4) is 6.07 Å². The third-order valence-corrected chi connectivity index (χ3v) is 5.07. The fourth-order valence-electron chi connectivity index (χ4n) is 3.37. The summed E-state index contributed by atoms with van der Waals surface area (Å²) < 4.78 is 5.32. The normalized spacial score (nSPS) is 16.6. The van der Waals surface area contributed by atoms with E-state index < -0.39 is 23.9 Å². The molecule has 3 rings (SSSR count). The Bertz CT molecular complexity index is 994. The number of esters is 1. The lowest BCUT2D eigenvalue weighted by atomic mass is 10.1. The molecule has 1 fully saturated rings. The average Bonchev–Trinajstić information content (AvgIpc) is 3.15. The lowest BCUT2D eigenvalue weighted by Gasteiger charge is -2.20. The van der Waals surface area contributed by atoms with Crippen LogP contribution in [0.2, 0.25) is 0 Å². The van der Waals surface area contributed by atoms with Gasteiger partial charge in [-0.2, -0.15) is 5.26 Å². The lowest BCUT2D eigenvalue weighted by Crippen LogP contribution is -2.33. The van der Waals surface area contributed by atoms with Gasteiger partial charge in [-0.1, -0.05) is 25.1 Å². The van der Waals surface area contributed by atoms with E-state index in [0.29, 0.717) is 11.3 Å². The fraction of sp³-hybridized carbons (Fsp3) is 0.304. The summed E-state index contributed by atoms with van der Waals surface area (Å²) >= 11 is 0. The molecule has 2 amide bonds. The molecule has 0 spiro atoms. The Labute approximate surface area is 175 Å². The van der Waals surface area contributed by atoms with Crippen molar-refractivity contribution in [1.29, 1.82) is 5.26 Å². The summed E-state index contributed by atoms with van der Waals surface area (Å²) in [5.41, 5.74) is 2.83. The highest BCUT2D eigenvalue weighted by molar-refractivity contribution is 6.01. The SMILES string of the molecule is CCc1ccccc1N1C[C@H](C(=O)O[C@H](C)C(=O)Nc2ccc(C#N)cc2)CC1=O. The zero-order chi connectivity index (χ0) is 21.7. The van der Waals surface area contributed by atoms with Crippen LogP contribution in [0.5, 0.6) is 0 Å². The average molecular weight is 405 g/mol. The van der Waals surface area contributed by atoms with E-state index in [1.54, 1.807) is 29.2 Å². The van der Waals surface area contributed by atoms with Gasteiger partial charge in [0.15, 0.2) is 6.10 Å². The predicted octanol–water partition coefficient (Wildman–Crippen LogP) is 3.04. The number of benzene rings is 2. The molecular weight excluding hydrogens is 382 g/mol. The second-order valence-electron chi connectivity index (χ2n) is 7.15. The summed E-state index contributed by atoms with van der Waals surface area (Å²) in [5.74, 6) is -1.80. The van der Waals surface area contributed by atoms with Crippen LogP contribution in [0, 0.1) is 17.2 Å². The number of aryl methyl sites for hydroxylation is 1. The Kier molecular flexibility index (Phi) is 6.48. The van der Waals surface area contributed by atoms with Gasteiger partial charge in [-0.15, -0.1) is 0 Å². The van der Waals surface area contributed by atoms with Crippen LogP contribution in [0.4, 0.5) is 11.4 Å². The number of ether oxygens (including phenoxy) is 1. The van der Waals surface area contributed by atoms with Gasteiger partial charge in [-0.05, 0) is 49.2 Å². The van der Waals surface area contributed by atoms with Gasteiger partial charge >= 0.3 is 5.97 Å². The molecular formula is C23H23N3O4. The van der Waals surface area contributed by atoms with Crippen LogP contribution >= 0.6 is 0 Å². The molecule has 0 saturated carbocycles. The molecule has 1 saturated heterocycles. The Morgan fingerprint density at radius 1 is 1.23 bits per heavy atom. The van der Waals surface area contributed by atoms with Crippen molar-refractivity contribution in [1.82, 2.24) is 0 Å². The summed E-state index contributed by atoms with van der Waals surface area (Å²) in [6.07, 6.45) is -0.178. The number of carbonyl (C=O) groups excluding carboxylic acids is 3. The van der Waals surface area contributed by atoms with Crippen LogP contribution in [0.3, 0.4) is 0 Å². The first kappa shape index (κ1) is 21.1. The van der Waals surface area contributed by atoms with Gasteiger partial charge in [0.05, 0.1) is 17.6 Å². The van der Waals surface area contributed by atoms with E-state index in [0.717, 1.165) is 17.7 Å². The number of para-hydroxylation sites is 1. The lowest BCUT2D eigenvalue weighted by molar-refractivity contribution is -0.157. The van der Waals surface area contributed by atoms with Gasteiger partial charge in [0, 0.05) is 24.3 Å². The van der Waals surface area contributed by atoms with Crippen LogP contribution < -0.4 is 10.2 Å². The quantitative estimate of drug-likeness (QED) is 0.745. The topological polar surface area (TPSA) is 99.5 Å². The molecule has 30 heavy (non-hydrogen) atoms. The number of hydrogen-bond acceptors (Lipinski definition) is 5. The van der Waals surface area contributed by atoms with E-state index in [1.165, 1.54) is 6.92 Å². The zero-order valence-corrected chi connectivity index (χ0v) is 16.9. The standard InChI is InChI=1S/C23H23N3O4/c1-3-17-6-4-5-7-20(17)26-14-18(12-21(26)27)23(29)30-15(2)22(28)25-19-10-8-16(13-24)9-11-19/h4-11,15,18H,3,12,14H2,1-2H3,(H,25,28)/t15-,18-/m1/s1. The van der Waals surface area contributed by atoms with Crippen LogP contribution in [0.15, 0.2) is 48.5 Å². The summed E-state index contributed by atoms with van der Waals surface area (Å²) in [4.78, 5) is 39.0. The molecule has 0 radical (unpaired) electrons. The molecule has 0 unspecified atom stereocenters. The molecule has 2 atom stereocenters. The first-order valence-corrected chi connectivity index (χ1v) is 9.82. The number of amides is 2. The van der Waals surface area contributed by atoms with Gasteiger partial charge in [-0.3, -0.25) is 14.4 Å². The van der Waals surface area contributed by atoms with E-state index >= 15 is 0 Å². The monoisotopic (exact) mass is 405 g/mol. The third kappa shape index (κ3) is 4.66. The van der Waals surface area contributed by atoms with Crippen LogP contribution in [-0.4, -0.2) is 30.4 Å². The first-order chi connectivity index (χ1) is 14.4. The Balaban J connectivity index is 1.59. The van der Waals surface area contributed by atoms with Gasteiger partial charge < -0.3 is 15.0 Å². The number of anilines is 2. The smallest absolute Gasteiger partial charge is 0.312 e. The molecule has 154 valence electrons. The van der Waals surface area contributed by atoms with E-state index in [9.17, 15) is 14.4 Å². The third-order valence-electron chi connectivity index (χ3n) is 5.07. The van der Waals surface area contributed by atoms with Gasteiger partial charge in [-0.25, -0.2) is 0 Å². The maximum atomic E-state index is 12.6. The van der Waals surface area contributed by atoms with Gasteiger partial charge in [0.2, 0.25) is 5.91 Å². The molecule has 1 N–H and O–H groups in total. The number of carbonyl (C=O) groups is 3. The molecule has 0 aromatic heterocycles. The predicted molar refractivity (Wildman–Crippen MR) is 112 cm³/mol. The summed E-state index contributed by atoms with van der Waals surface area (Å²) in [5, 5.41) is 11.5. The summed E-state index contributed by atoms with van der Waals surface area (Å²) in [7, 11) is 0. The maximum Gasteiger partial charge on any atom is 0.312 e. The number of rotatable bonds is 6. The number of nitrogens with one attached hydrogen (secondary N) is 1. The van der Waals surface area contributed by atoms with E-state index in [-0.39, 0.29) is 18.9 Å². The highest BCUT2D eigenvalue weighted by atomic mass is 16.5. The molecule has 1 aliphatic rings. The van der Waals surface area contributed by atoms with Crippen LogP contribution in [0.1, 0.15) is 31.4 Å². The van der Waals surface area contributed by atoms with Gasteiger partial charge in [0.25, 0.3) is 5.91 Å². The van der Waals surface area contributed by atoms with E-state index in [4.69, 9.17) is 10.00 Å². The van der Waals surface area contributed by atoms with Crippen molar-refractivity contribution in [2.75, 3.05) is 16.8 Å². The molecule has 0 aliphatic carbocycles. The zero-order valence-electron chi connectivity index (χ0n) is 16.9. The van der Waals surface area contributed by atoms with Crippen LogP contribution in [-0.2, 0) is 25.5 Å². The number of nitriles is 1. The molecule has 7 nitrogen and oxygen atoms in total. The maximum absolute atomic E-state index is 12.6. The minimum atomic E-state index is -1.01. The molecule has 2 aromatic carbocycles. The highest BCUT2D eigenvalue weighted by Gasteiger charge is 2.37. The van der Waals surface area contributed by atoms with E-state index in [2.05, 4.69) is 5.32 Å². The van der Waals surface area contributed by atoms with Crippen molar-refractivity contribution < 1.29 is 19.1 Å². The minimum Gasteiger partial charge on any atom is -0.452 e. The summed E-state index contributed by atoms with van der Waals surface area (Å²) in [6.45, 7) is 3.73. The van der Waals surface area contributed by atoms with Crippen molar-refractivity contribution in [3.05, 3.63) is 59.7 Å². The summed E-state index contributed by atoms with van der Waals surface area (Å²) in [6, 6.07) is 16.0. The van der Waals surface area contributed by atoms with Gasteiger partial charge in [0.1, 0.15) is 0 Å². The molecule has 1 aliphatic heterocycles. The minimum absolute atomic E-state index is 0.0564. The van der Waals surface area contributed by atoms with Crippen LogP contribution in [0.25, 0.3) is 0 Å². The van der Waals surface area contributed by atoms with Crippen molar-refractivity contribution in [3.63, 3.8) is 0 Å². The van der Waals surface area contributed by atoms with Crippen molar-refractivity contribution in [2.45, 2.75) is 32.8 Å². The molecule has 1 heterocycles.